The van der Waals surface area contributed by atoms with E-state index in [-0.39, 0.29) is 22.0 Å². The smallest absolute Gasteiger partial charge is 0.248 e. The first kappa shape index (κ1) is 21.2. The number of aromatic nitrogens is 2. The highest BCUT2D eigenvalue weighted by Crippen LogP contribution is 2.38. The molecule has 1 rings (SSSR count). The van der Waals surface area contributed by atoms with E-state index in [2.05, 4.69) is 43.8 Å². The quantitative estimate of drug-likeness (QED) is 0.320. The lowest BCUT2D eigenvalue weighted by Gasteiger charge is -2.38. The van der Waals surface area contributed by atoms with Crippen molar-refractivity contribution in [3.63, 3.8) is 0 Å². The number of halogens is 1. The zero-order valence-electron chi connectivity index (χ0n) is 15.2. The Morgan fingerprint density at radius 2 is 1.83 bits per heavy atom. The van der Waals surface area contributed by atoms with E-state index in [0.717, 1.165) is 12.5 Å². The van der Waals surface area contributed by atoms with Crippen LogP contribution in [0.15, 0.2) is 11.4 Å². The second-order valence-electron chi connectivity index (χ2n) is 7.71. The summed E-state index contributed by atoms with van der Waals surface area (Å²) in [6, 6.07) is 0. The van der Waals surface area contributed by atoms with Crippen molar-refractivity contribution in [2.75, 3.05) is 12.9 Å². The van der Waals surface area contributed by atoms with Crippen LogP contribution in [0.5, 0.6) is 0 Å². The summed E-state index contributed by atoms with van der Waals surface area (Å²) in [6.45, 7) is 12.3. The molecule has 0 saturated heterocycles. The van der Waals surface area contributed by atoms with Crippen molar-refractivity contribution in [2.24, 2.45) is 0 Å². The van der Waals surface area contributed by atoms with Gasteiger partial charge in [-0.1, -0.05) is 32.4 Å². The van der Waals surface area contributed by atoms with Gasteiger partial charge in [-0.15, -0.1) is 0 Å². The molecule has 0 unspecified atom stereocenters. The van der Waals surface area contributed by atoms with Gasteiger partial charge in [0.05, 0.1) is 12.0 Å². The molecule has 0 radical (unpaired) electrons. The molecule has 6 nitrogen and oxygen atoms in total. The predicted molar refractivity (Wildman–Crippen MR) is 96.7 cm³/mol. The first-order valence-electron chi connectivity index (χ1n) is 7.47. The molecule has 24 heavy (non-hydrogen) atoms. The predicted octanol–water partition coefficient (Wildman–Crippen LogP) is 3.01. The van der Waals surface area contributed by atoms with Crippen LogP contribution >= 0.6 is 11.6 Å². The number of nitrogens with zero attached hydrogens (tertiary/aromatic N) is 2. The number of sulfone groups is 1. The largest absolute Gasteiger partial charge is 0.415 e. The zero-order chi connectivity index (χ0) is 19.0. The van der Waals surface area contributed by atoms with Gasteiger partial charge in [0.25, 0.3) is 0 Å². The Morgan fingerprint density at radius 1 is 1.29 bits per heavy atom. The molecule has 0 amide bonds. The van der Waals surface area contributed by atoms with Crippen molar-refractivity contribution < 1.29 is 17.6 Å². The Balaban J connectivity index is 3.19. The Labute approximate surface area is 150 Å². The Morgan fingerprint density at radius 3 is 2.21 bits per heavy atom. The molecule has 0 aliphatic rings. The molecule has 0 aliphatic heterocycles. The molecule has 0 saturated carbocycles. The van der Waals surface area contributed by atoms with Crippen LogP contribution in [-0.2, 0) is 24.5 Å². The minimum absolute atomic E-state index is 0.00274. The summed E-state index contributed by atoms with van der Waals surface area (Å²) >= 11 is 6.12. The van der Waals surface area contributed by atoms with E-state index >= 15 is 0 Å². The molecule has 1 aromatic heterocycles. The molecule has 1 atom stereocenters. The molecule has 1 aromatic rings. The summed E-state index contributed by atoms with van der Waals surface area (Å²) in [7, 11) is -5.63. The maximum atomic E-state index is 11.7. The van der Waals surface area contributed by atoms with Crippen molar-refractivity contribution in [1.29, 1.82) is 0 Å². The van der Waals surface area contributed by atoms with Gasteiger partial charge in [-0.05, 0) is 25.1 Å². The van der Waals surface area contributed by atoms with E-state index in [4.69, 9.17) is 16.0 Å². The number of aldehydes is 1. The van der Waals surface area contributed by atoms with Gasteiger partial charge in [-0.25, -0.2) is 18.4 Å². The lowest BCUT2D eigenvalue weighted by molar-refractivity contribution is -0.113. The van der Waals surface area contributed by atoms with Crippen molar-refractivity contribution in [1.82, 2.24) is 9.97 Å². The van der Waals surface area contributed by atoms with Crippen LogP contribution in [0.4, 0.5) is 0 Å². The summed E-state index contributed by atoms with van der Waals surface area (Å²) < 4.78 is 29.2. The molecule has 9 heteroatoms. The van der Waals surface area contributed by atoms with Gasteiger partial charge in [-0.3, -0.25) is 0 Å². The summed E-state index contributed by atoms with van der Waals surface area (Å²) in [5.74, 6) is 0. The van der Waals surface area contributed by atoms with Gasteiger partial charge in [0.15, 0.2) is 8.32 Å². The SMILES string of the molecule is CC(C)(C)[Si](C)(C)OC[C@@](C)(C=O)c1cnc(S(C)(=O)=O)nc1Cl. The Hall–Kier alpha value is -0.833. The minimum atomic E-state index is -3.57. The standard InChI is InChI=1S/C15H25ClN2O4SSi/c1-14(2,3)24(6,7)22-10-15(4,9-19)11-8-17-13(18-12(11)16)23(5,20)21/h8-9H,10H2,1-7H3/t15-/m1/s1. The zero-order valence-corrected chi connectivity index (χ0v) is 17.7. The molecule has 0 spiro atoms. The van der Waals surface area contributed by atoms with E-state index in [9.17, 15) is 13.2 Å². The van der Waals surface area contributed by atoms with E-state index in [1.54, 1.807) is 6.92 Å². The summed E-state index contributed by atoms with van der Waals surface area (Å²) in [5.41, 5.74) is -0.701. The maximum Gasteiger partial charge on any atom is 0.248 e. The van der Waals surface area contributed by atoms with Crippen LogP contribution in [0, 0.1) is 0 Å². The van der Waals surface area contributed by atoms with Crippen molar-refractivity contribution in [3.8, 4) is 0 Å². The van der Waals surface area contributed by atoms with Gasteiger partial charge >= 0.3 is 0 Å². The van der Waals surface area contributed by atoms with Gasteiger partial charge in [0.2, 0.25) is 15.0 Å². The van der Waals surface area contributed by atoms with Gasteiger partial charge in [0, 0.05) is 18.0 Å². The molecule has 136 valence electrons. The molecular weight excluding hydrogens is 368 g/mol. The lowest BCUT2D eigenvalue weighted by atomic mass is 9.87. The number of hydrogen-bond donors (Lipinski definition) is 0. The third-order valence-corrected chi connectivity index (χ3v) is 10.1. The van der Waals surface area contributed by atoms with E-state index in [1.807, 2.05) is 0 Å². The normalized spacial score (nSPS) is 15.8. The molecule has 1 heterocycles. The monoisotopic (exact) mass is 392 g/mol. The molecule has 0 aliphatic carbocycles. The molecule has 0 aromatic carbocycles. The number of carbonyl (C=O) groups excluding carboxylic acids is 1. The molecule has 0 bridgehead atoms. The first-order valence-corrected chi connectivity index (χ1v) is 12.7. The van der Waals surface area contributed by atoms with Crippen LogP contribution in [0.25, 0.3) is 0 Å². The van der Waals surface area contributed by atoms with Crippen LogP contribution in [-0.4, -0.2) is 45.9 Å². The third kappa shape index (κ3) is 4.62. The lowest BCUT2D eigenvalue weighted by Crippen LogP contribution is -2.45. The third-order valence-electron chi connectivity index (χ3n) is 4.47. The van der Waals surface area contributed by atoms with Gasteiger partial charge in [0.1, 0.15) is 11.4 Å². The second-order valence-corrected chi connectivity index (χ2v) is 14.8. The van der Waals surface area contributed by atoms with Gasteiger partial charge < -0.3 is 9.22 Å². The maximum absolute atomic E-state index is 11.7. The van der Waals surface area contributed by atoms with Crippen LogP contribution in [0.2, 0.25) is 23.3 Å². The Bertz CT molecular complexity index is 731. The second kappa shape index (κ2) is 6.82. The fourth-order valence-corrected chi connectivity index (χ4v) is 3.62. The van der Waals surface area contributed by atoms with E-state index < -0.39 is 23.6 Å². The van der Waals surface area contributed by atoms with Crippen molar-refractivity contribution in [3.05, 3.63) is 16.9 Å². The fourth-order valence-electron chi connectivity index (χ4n) is 1.63. The topological polar surface area (TPSA) is 86.2 Å². The van der Waals surface area contributed by atoms with Crippen LogP contribution in [0.1, 0.15) is 33.3 Å². The summed E-state index contributed by atoms with van der Waals surface area (Å²) in [4.78, 5) is 19.4. The average Bonchev–Trinajstić information content (AvgIpc) is 2.42. The minimum Gasteiger partial charge on any atom is -0.415 e. The fraction of sp³-hybridized carbons (Fsp3) is 0.667. The van der Waals surface area contributed by atoms with Crippen LogP contribution in [0.3, 0.4) is 0 Å². The van der Waals surface area contributed by atoms with E-state index in [0.29, 0.717) is 5.56 Å². The highest BCUT2D eigenvalue weighted by Gasteiger charge is 2.40. The van der Waals surface area contributed by atoms with Crippen molar-refractivity contribution in [2.45, 2.75) is 56.4 Å². The highest BCUT2D eigenvalue weighted by molar-refractivity contribution is 7.90. The molecule has 0 fully saturated rings. The average molecular weight is 393 g/mol. The summed E-state index contributed by atoms with van der Waals surface area (Å²) in [5, 5.41) is -0.425. The van der Waals surface area contributed by atoms with E-state index in [1.165, 1.54) is 6.20 Å². The number of hydrogen-bond acceptors (Lipinski definition) is 6. The number of rotatable bonds is 6. The summed E-state index contributed by atoms with van der Waals surface area (Å²) in [6.07, 6.45) is 3.03. The highest BCUT2D eigenvalue weighted by atomic mass is 35.5. The first-order chi connectivity index (χ1) is 10.6. The van der Waals surface area contributed by atoms with Gasteiger partial charge in [-0.2, -0.15) is 0 Å². The molecule has 0 N–H and O–H groups in total. The molecular formula is C15H25ClN2O4SSi. The van der Waals surface area contributed by atoms with Crippen molar-refractivity contribution >= 4 is 36.0 Å². The number of carbonyl (C=O) groups is 1. The van der Waals surface area contributed by atoms with Crippen LogP contribution < -0.4 is 0 Å². The Kier molecular flexibility index (Phi) is 6.03.